The average Bonchev–Trinajstić information content (AvgIpc) is 2.38. The van der Waals surface area contributed by atoms with E-state index in [-0.39, 0.29) is 17.3 Å². The molecule has 3 N–H and O–H groups in total. The molecule has 10 heteroatoms. The van der Waals surface area contributed by atoms with Crippen molar-refractivity contribution >= 4 is 23.0 Å². The molecular formula is C11H8F3N5O2. The second-order valence-corrected chi connectivity index (χ2v) is 3.91. The van der Waals surface area contributed by atoms with Gasteiger partial charge in [-0.25, -0.2) is 9.97 Å². The van der Waals surface area contributed by atoms with Crippen molar-refractivity contribution in [3.63, 3.8) is 0 Å². The van der Waals surface area contributed by atoms with E-state index < -0.39 is 22.4 Å². The molecule has 0 aliphatic rings. The van der Waals surface area contributed by atoms with Gasteiger partial charge in [-0.3, -0.25) is 10.1 Å². The highest BCUT2D eigenvalue weighted by molar-refractivity contribution is 5.72. The zero-order chi connectivity index (χ0) is 15.6. The number of nitrogens with one attached hydrogen (secondary N) is 1. The van der Waals surface area contributed by atoms with Crippen molar-refractivity contribution < 1.29 is 18.1 Å². The summed E-state index contributed by atoms with van der Waals surface area (Å²) in [4.78, 5) is 17.2. The number of rotatable bonds is 3. The minimum absolute atomic E-state index is 0.198. The van der Waals surface area contributed by atoms with E-state index in [2.05, 4.69) is 15.3 Å². The topological polar surface area (TPSA) is 107 Å². The van der Waals surface area contributed by atoms with Gasteiger partial charge in [0.15, 0.2) is 0 Å². The van der Waals surface area contributed by atoms with Crippen LogP contribution in [0.3, 0.4) is 0 Å². The lowest BCUT2D eigenvalue weighted by Crippen LogP contribution is -2.06. The molecule has 0 atom stereocenters. The first kappa shape index (κ1) is 14.5. The van der Waals surface area contributed by atoms with Gasteiger partial charge in [-0.1, -0.05) is 0 Å². The van der Waals surface area contributed by atoms with Crippen LogP contribution in [0.2, 0.25) is 0 Å². The molecule has 0 unspecified atom stereocenters. The second kappa shape index (κ2) is 5.23. The minimum atomic E-state index is -4.45. The summed E-state index contributed by atoms with van der Waals surface area (Å²) < 4.78 is 37.3. The molecule has 0 radical (unpaired) electrons. The van der Waals surface area contributed by atoms with Crippen molar-refractivity contribution in [3.8, 4) is 0 Å². The fourth-order valence-corrected chi connectivity index (χ4v) is 1.54. The molecule has 0 fully saturated rings. The van der Waals surface area contributed by atoms with Gasteiger partial charge in [-0.2, -0.15) is 13.2 Å². The molecule has 2 rings (SSSR count). The van der Waals surface area contributed by atoms with Crippen LogP contribution >= 0.6 is 0 Å². The lowest BCUT2D eigenvalue weighted by Gasteiger charge is -2.09. The Morgan fingerprint density at radius 2 is 1.81 bits per heavy atom. The third-order valence-electron chi connectivity index (χ3n) is 2.51. The van der Waals surface area contributed by atoms with Gasteiger partial charge in [0, 0.05) is 5.69 Å². The molecule has 0 bridgehead atoms. The van der Waals surface area contributed by atoms with Crippen molar-refractivity contribution in [3.05, 3.63) is 46.3 Å². The summed E-state index contributed by atoms with van der Waals surface area (Å²) in [6, 6.07) is 3.95. The van der Waals surface area contributed by atoms with E-state index in [1.807, 2.05) is 0 Å². The average molecular weight is 299 g/mol. The van der Waals surface area contributed by atoms with Gasteiger partial charge in [0.2, 0.25) is 11.6 Å². The molecule has 0 saturated carbocycles. The molecule has 0 aliphatic heterocycles. The summed E-state index contributed by atoms with van der Waals surface area (Å²) in [5.41, 5.74) is 4.20. The van der Waals surface area contributed by atoms with Gasteiger partial charge in [-0.05, 0) is 24.3 Å². The van der Waals surface area contributed by atoms with E-state index in [1.54, 1.807) is 0 Å². The van der Waals surface area contributed by atoms with Crippen molar-refractivity contribution in [2.75, 3.05) is 11.1 Å². The molecule has 21 heavy (non-hydrogen) atoms. The van der Waals surface area contributed by atoms with E-state index >= 15 is 0 Å². The van der Waals surface area contributed by atoms with Gasteiger partial charge >= 0.3 is 11.9 Å². The van der Waals surface area contributed by atoms with Crippen molar-refractivity contribution in [1.82, 2.24) is 9.97 Å². The smallest absolute Gasteiger partial charge is 0.378 e. The molecule has 0 amide bonds. The monoisotopic (exact) mass is 299 g/mol. The number of nitrogens with zero attached hydrogens (tertiary/aromatic N) is 3. The fourth-order valence-electron chi connectivity index (χ4n) is 1.54. The maximum atomic E-state index is 12.4. The summed E-state index contributed by atoms with van der Waals surface area (Å²) in [6.07, 6.45) is -3.45. The van der Waals surface area contributed by atoms with Gasteiger partial charge in [0.1, 0.15) is 6.33 Å². The highest BCUT2D eigenvalue weighted by Crippen LogP contribution is 2.32. The van der Waals surface area contributed by atoms with Crippen LogP contribution in [0.15, 0.2) is 30.6 Å². The molecule has 1 aromatic heterocycles. The first-order valence-corrected chi connectivity index (χ1v) is 5.48. The van der Waals surface area contributed by atoms with Crippen molar-refractivity contribution in [1.29, 1.82) is 0 Å². The molecule has 110 valence electrons. The molecule has 0 spiro atoms. The zero-order valence-electron chi connectivity index (χ0n) is 10.3. The van der Waals surface area contributed by atoms with Crippen LogP contribution in [0.5, 0.6) is 0 Å². The lowest BCUT2D eigenvalue weighted by atomic mass is 10.2. The van der Waals surface area contributed by atoms with Crippen LogP contribution in [0.25, 0.3) is 0 Å². The van der Waals surface area contributed by atoms with Crippen LogP contribution in [0.4, 0.5) is 36.2 Å². The largest absolute Gasteiger partial charge is 0.416 e. The molecule has 1 heterocycles. The van der Waals surface area contributed by atoms with E-state index in [1.165, 1.54) is 0 Å². The number of hydrogen-bond acceptors (Lipinski definition) is 6. The lowest BCUT2D eigenvalue weighted by molar-refractivity contribution is -0.383. The Balaban J connectivity index is 2.31. The summed E-state index contributed by atoms with van der Waals surface area (Å²) in [5, 5.41) is 13.4. The van der Waals surface area contributed by atoms with E-state index in [0.29, 0.717) is 0 Å². The summed E-state index contributed by atoms with van der Waals surface area (Å²) in [7, 11) is 0. The van der Waals surface area contributed by atoms with Gasteiger partial charge in [0.05, 0.1) is 10.5 Å². The Morgan fingerprint density at radius 1 is 1.19 bits per heavy atom. The normalized spacial score (nSPS) is 11.2. The predicted molar refractivity (Wildman–Crippen MR) is 67.8 cm³/mol. The molecule has 0 saturated heterocycles. The Kier molecular flexibility index (Phi) is 3.61. The number of nitrogen functional groups attached to an aromatic ring is 1. The van der Waals surface area contributed by atoms with Crippen LogP contribution in [-0.4, -0.2) is 14.9 Å². The standard InChI is InChI=1S/C11H8F3N5O2/c12-11(13,14)6-1-3-7(4-2-6)18-10-8(19(20)21)9(15)16-5-17-10/h1-5H,(H3,15,16,17,18). The molecule has 1 aromatic carbocycles. The van der Waals surface area contributed by atoms with Gasteiger partial charge < -0.3 is 11.1 Å². The summed E-state index contributed by atoms with van der Waals surface area (Å²) in [5.74, 6) is -0.545. The Labute approximate surface area is 115 Å². The van der Waals surface area contributed by atoms with E-state index in [9.17, 15) is 23.3 Å². The fraction of sp³-hybridized carbons (Fsp3) is 0.0909. The number of alkyl halides is 3. The number of anilines is 3. The highest BCUT2D eigenvalue weighted by atomic mass is 19.4. The van der Waals surface area contributed by atoms with Crippen molar-refractivity contribution in [2.24, 2.45) is 0 Å². The Morgan fingerprint density at radius 3 is 2.33 bits per heavy atom. The van der Waals surface area contributed by atoms with Crippen LogP contribution in [0.1, 0.15) is 5.56 Å². The summed E-state index contributed by atoms with van der Waals surface area (Å²) >= 11 is 0. The van der Waals surface area contributed by atoms with Crippen molar-refractivity contribution in [2.45, 2.75) is 6.18 Å². The molecule has 2 aromatic rings. The molecule has 7 nitrogen and oxygen atoms in total. The number of nitro groups is 1. The SMILES string of the molecule is Nc1ncnc(Nc2ccc(C(F)(F)F)cc2)c1[N+](=O)[O-]. The molecular weight excluding hydrogens is 291 g/mol. The third-order valence-corrected chi connectivity index (χ3v) is 2.51. The quantitative estimate of drug-likeness (QED) is 0.666. The Hall–Kier alpha value is -2.91. The maximum absolute atomic E-state index is 12.4. The Bertz CT molecular complexity index is 673. The number of halogens is 3. The molecule has 0 aliphatic carbocycles. The number of hydrogen-bond donors (Lipinski definition) is 2. The minimum Gasteiger partial charge on any atom is -0.378 e. The van der Waals surface area contributed by atoms with Crippen LogP contribution in [0, 0.1) is 10.1 Å². The maximum Gasteiger partial charge on any atom is 0.416 e. The van der Waals surface area contributed by atoms with Crippen LogP contribution < -0.4 is 11.1 Å². The summed E-state index contributed by atoms with van der Waals surface area (Å²) in [6.45, 7) is 0. The third kappa shape index (κ3) is 3.16. The first-order valence-electron chi connectivity index (χ1n) is 5.48. The van der Waals surface area contributed by atoms with E-state index in [0.717, 1.165) is 30.6 Å². The van der Waals surface area contributed by atoms with Crippen LogP contribution in [-0.2, 0) is 6.18 Å². The number of nitrogens with two attached hydrogens (primary N) is 1. The van der Waals surface area contributed by atoms with Gasteiger partial charge in [-0.15, -0.1) is 0 Å². The zero-order valence-corrected chi connectivity index (χ0v) is 10.3. The predicted octanol–water partition coefficient (Wildman–Crippen LogP) is 2.73. The van der Waals surface area contributed by atoms with Gasteiger partial charge in [0.25, 0.3) is 0 Å². The first-order chi connectivity index (χ1) is 9.79. The van der Waals surface area contributed by atoms with E-state index in [4.69, 9.17) is 5.73 Å². The highest BCUT2D eigenvalue weighted by Gasteiger charge is 2.30. The number of aromatic nitrogens is 2. The second-order valence-electron chi connectivity index (χ2n) is 3.91. The number of benzene rings is 1.